The van der Waals surface area contributed by atoms with Crippen LogP contribution in [0.2, 0.25) is 0 Å². The largest absolute Gasteiger partial charge is 0.361 e. The zero-order valence-electron chi connectivity index (χ0n) is 18.5. The normalized spacial score (nSPS) is 11.7. The van der Waals surface area contributed by atoms with E-state index in [4.69, 9.17) is 4.52 Å². The lowest BCUT2D eigenvalue weighted by molar-refractivity contribution is 0.102. The standard InChI is InChI=1S/C22H26N4O4S2/c1-5-26(6-2)32(28,29)18-11-9-17(10-12-18)24-21(27)19-8-7-13-23-22(19)31-14-20-15(3)25-30-16(20)4/h7-13H,5-6,14H2,1-4H3,(H,24,27). The van der Waals surface area contributed by atoms with E-state index in [1.807, 2.05) is 13.8 Å². The number of amides is 1. The molecule has 3 rings (SSSR count). The summed E-state index contributed by atoms with van der Waals surface area (Å²) in [5, 5.41) is 7.36. The lowest BCUT2D eigenvalue weighted by Crippen LogP contribution is -2.30. The molecular formula is C22H26N4O4S2. The van der Waals surface area contributed by atoms with Gasteiger partial charge in [-0.3, -0.25) is 4.79 Å². The molecular weight excluding hydrogens is 448 g/mol. The summed E-state index contributed by atoms with van der Waals surface area (Å²) in [6.45, 7) is 8.11. The quantitative estimate of drug-likeness (QED) is 0.462. The van der Waals surface area contributed by atoms with Crippen LogP contribution in [0.1, 0.15) is 41.2 Å². The second-order valence-corrected chi connectivity index (χ2v) is 9.92. The summed E-state index contributed by atoms with van der Waals surface area (Å²) in [6.07, 6.45) is 1.64. The van der Waals surface area contributed by atoms with Crippen LogP contribution in [0.15, 0.2) is 57.0 Å². The highest BCUT2D eigenvalue weighted by Crippen LogP contribution is 2.28. The van der Waals surface area contributed by atoms with Crippen molar-refractivity contribution in [2.24, 2.45) is 0 Å². The van der Waals surface area contributed by atoms with Gasteiger partial charge >= 0.3 is 0 Å². The number of hydrogen-bond acceptors (Lipinski definition) is 7. The van der Waals surface area contributed by atoms with Crippen molar-refractivity contribution in [2.45, 2.75) is 43.4 Å². The minimum atomic E-state index is -3.55. The third-order valence-corrected chi connectivity index (χ3v) is 8.10. The fourth-order valence-electron chi connectivity index (χ4n) is 3.15. The van der Waals surface area contributed by atoms with Gasteiger partial charge in [0.25, 0.3) is 5.91 Å². The summed E-state index contributed by atoms with van der Waals surface area (Å²) in [5.74, 6) is 1.01. The van der Waals surface area contributed by atoms with E-state index in [1.54, 1.807) is 44.3 Å². The van der Waals surface area contributed by atoms with E-state index >= 15 is 0 Å². The Labute approximate surface area is 192 Å². The summed E-state index contributed by atoms with van der Waals surface area (Å²) in [4.78, 5) is 17.4. The molecule has 8 nitrogen and oxygen atoms in total. The highest BCUT2D eigenvalue weighted by Gasteiger charge is 2.21. The Morgan fingerprint density at radius 1 is 1.12 bits per heavy atom. The average Bonchev–Trinajstić information content (AvgIpc) is 3.10. The van der Waals surface area contributed by atoms with Crippen molar-refractivity contribution < 1.29 is 17.7 Å². The molecule has 2 heterocycles. The first-order valence-corrected chi connectivity index (χ1v) is 12.6. The third kappa shape index (κ3) is 5.20. The molecule has 0 fully saturated rings. The summed E-state index contributed by atoms with van der Waals surface area (Å²) >= 11 is 1.43. The first kappa shape index (κ1) is 24.0. The van der Waals surface area contributed by atoms with Crippen molar-refractivity contribution in [1.29, 1.82) is 0 Å². The maximum absolute atomic E-state index is 12.9. The Morgan fingerprint density at radius 3 is 2.41 bits per heavy atom. The van der Waals surface area contributed by atoms with Crippen LogP contribution in [0.5, 0.6) is 0 Å². The van der Waals surface area contributed by atoms with Gasteiger partial charge in [0.05, 0.1) is 16.2 Å². The van der Waals surface area contributed by atoms with Gasteiger partial charge in [-0.05, 0) is 50.2 Å². The Kier molecular flexibility index (Phi) is 7.70. The molecule has 170 valence electrons. The molecule has 0 saturated carbocycles. The molecule has 0 unspecified atom stereocenters. The molecule has 32 heavy (non-hydrogen) atoms. The summed E-state index contributed by atoms with van der Waals surface area (Å²) in [7, 11) is -3.55. The second kappa shape index (κ2) is 10.3. The van der Waals surface area contributed by atoms with Crippen LogP contribution >= 0.6 is 11.8 Å². The fraction of sp³-hybridized carbons (Fsp3) is 0.318. The van der Waals surface area contributed by atoms with Crippen LogP contribution < -0.4 is 5.32 Å². The highest BCUT2D eigenvalue weighted by molar-refractivity contribution is 7.98. The maximum atomic E-state index is 12.9. The Morgan fingerprint density at radius 2 is 1.81 bits per heavy atom. The zero-order chi connectivity index (χ0) is 23.3. The molecule has 0 bridgehead atoms. The van der Waals surface area contributed by atoms with E-state index in [0.717, 1.165) is 17.0 Å². The van der Waals surface area contributed by atoms with Crippen molar-refractivity contribution >= 4 is 33.4 Å². The van der Waals surface area contributed by atoms with Gasteiger partial charge in [0.15, 0.2) is 0 Å². The van der Waals surface area contributed by atoms with Crippen molar-refractivity contribution in [1.82, 2.24) is 14.4 Å². The Hall–Kier alpha value is -2.69. The number of pyridine rings is 1. The minimum absolute atomic E-state index is 0.191. The number of aryl methyl sites for hydroxylation is 2. The first-order valence-electron chi connectivity index (χ1n) is 10.2. The Bertz CT molecular complexity index is 1170. The third-order valence-electron chi connectivity index (χ3n) is 5.01. The smallest absolute Gasteiger partial charge is 0.258 e. The van der Waals surface area contributed by atoms with Gasteiger partial charge in [-0.25, -0.2) is 13.4 Å². The molecule has 0 aliphatic rings. The molecule has 0 aliphatic carbocycles. The lowest BCUT2D eigenvalue weighted by Gasteiger charge is -2.18. The lowest BCUT2D eigenvalue weighted by atomic mass is 10.2. The minimum Gasteiger partial charge on any atom is -0.361 e. The number of carbonyl (C=O) groups is 1. The van der Waals surface area contributed by atoms with Gasteiger partial charge in [0.1, 0.15) is 10.8 Å². The SMILES string of the molecule is CCN(CC)S(=O)(=O)c1ccc(NC(=O)c2cccnc2SCc2c(C)noc2C)cc1. The highest BCUT2D eigenvalue weighted by atomic mass is 32.2. The molecule has 2 aromatic heterocycles. The van der Waals surface area contributed by atoms with Crippen molar-refractivity contribution in [3.8, 4) is 0 Å². The monoisotopic (exact) mass is 474 g/mol. The number of benzene rings is 1. The second-order valence-electron chi connectivity index (χ2n) is 7.02. The average molecular weight is 475 g/mol. The predicted molar refractivity (Wildman–Crippen MR) is 124 cm³/mol. The summed E-state index contributed by atoms with van der Waals surface area (Å²) in [5.41, 5.74) is 2.73. The van der Waals surface area contributed by atoms with Gasteiger partial charge in [-0.2, -0.15) is 4.31 Å². The molecule has 1 N–H and O–H groups in total. The van der Waals surface area contributed by atoms with Crippen LogP contribution in [0, 0.1) is 13.8 Å². The van der Waals surface area contributed by atoms with E-state index in [1.165, 1.54) is 28.2 Å². The van der Waals surface area contributed by atoms with E-state index in [0.29, 0.717) is 35.1 Å². The van der Waals surface area contributed by atoms with Gasteiger partial charge in [-0.1, -0.05) is 19.0 Å². The van der Waals surface area contributed by atoms with Crippen molar-refractivity contribution in [3.63, 3.8) is 0 Å². The molecule has 1 amide bonds. The fourth-order valence-corrected chi connectivity index (χ4v) is 5.75. The number of aromatic nitrogens is 2. The molecule has 0 spiro atoms. The van der Waals surface area contributed by atoms with E-state index < -0.39 is 10.0 Å². The van der Waals surface area contributed by atoms with Gasteiger partial charge in [-0.15, -0.1) is 11.8 Å². The number of sulfonamides is 1. The first-order chi connectivity index (χ1) is 15.3. The summed E-state index contributed by atoms with van der Waals surface area (Å²) in [6, 6.07) is 9.58. The van der Waals surface area contributed by atoms with Crippen LogP contribution in [-0.4, -0.2) is 41.9 Å². The van der Waals surface area contributed by atoms with E-state index in [2.05, 4.69) is 15.5 Å². The van der Waals surface area contributed by atoms with Crippen LogP contribution in [0.4, 0.5) is 5.69 Å². The number of nitrogens with zero attached hydrogens (tertiary/aromatic N) is 3. The topological polar surface area (TPSA) is 105 Å². The molecule has 3 aromatic rings. The number of nitrogens with one attached hydrogen (secondary N) is 1. The Balaban J connectivity index is 1.74. The molecule has 10 heteroatoms. The number of thioether (sulfide) groups is 1. The van der Waals surface area contributed by atoms with Crippen LogP contribution in [0.3, 0.4) is 0 Å². The van der Waals surface area contributed by atoms with E-state index in [-0.39, 0.29) is 10.8 Å². The maximum Gasteiger partial charge on any atom is 0.258 e. The number of anilines is 1. The molecule has 0 saturated heterocycles. The summed E-state index contributed by atoms with van der Waals surface area (Å²) < 4.78 is 31.8. The number of carbonyl (C=O) groups excluding carboxylic acids is 1. The van der Waals surface area contributed by atoms with Gasteiger partial charge in [0.2, 0.25) is 10.0 Å². The number of rotatable bonds is 9. The molecule has 0 radical (unpaired) electrons. The predicted octanol–water partition coefficient (Wildman–Crippen LogP) is 4.26. The van der Waals surface area contributed by atoms with Gasteiger partial charge < -0.3 is 9.84 Å². The van der Waals surface area contributed by atoms with Gasteiger partial charge in [0, 0.05) is 36.3 Å². The van der Waals surface area contributed by atoms with Crippen LogP contribution in [-0.2, 0) is 15.8 Å². The zero-order valence-corrected chi connectivity index (χ0v) is 20.1. The van der Waals surface area contributed by atoms with E-state index in [9.17, 15) is 13.2 Å². The molecule has 1 aromatic carbocycles. The van der Waals surface area contributed by atoms with Crippen molar-refractivity contribution in [2.75, 3.05) is 18.4 Å². The number of hydrogen-bond donors (Lipinski definition) is 1. The van der Waals surface area contributed by atoms with Crippen molar-refractivity contribution in [3.05, 3.63) is 65.2 Å². The molecule has 0 aliphatic heterocycles. The van der Waals surface area contributed by atoms with Crippen LogP contribution in [0.25, 0.3) is 0 Å². The molecule has 0 atom stereocenters.